The highest BCUT2D eigenvalue weighted by molar-refractivity contribution is 5.97. The number of amides is 1. The lowest BCUT2D eigenvalue weighted by Gasteiger charge is -2.13. The first-order chi connectivity index (χ1) is 12.5. The zero-order chi connectivity index (χ0) is 18.5. The molecule has 0 unspecified atom stereocenters. The molecule has 0 atom stereocenters. The lowest BCUT2D eigenvalue weighted by atomic mass is 10.0. The molecule has 3 aromatic rings. The van der Waals surface area contributed by atoms with E-state index in [0.717, 1.165) is 11.3 Å². The van der Waals surface area contributed by atoms with Crippen LogP contribution in [0.25, 0.3) is 11.0 Å². The van der Waals surface area contributed by atoms with Crippen molar-refractivity contribution in [2.45, 2.75) is 19.8 Å². The minimum Gasteiger partial charge on any atom is -0.452 e. The molecule has 6 nitrogen and oxygen atoms in total. The quantitative estimate of drug-likeness (QED) is 0.713. The van der Waals surface area contributed by atoms with Gasteiger partial charge in [-0.05, 0) is 35.7 Å². The normalized spacial score (nSPS) is 10.7. The average molecular weight is 349 g/mol. The smallest absolute Gasteiger partial charge is 0.338 e. The molecule has 0 aliphatic heterocycles. The van der Waals surface area contributed by atoms with E-state index in [-0.39, 0.29) is 18.4 Å². The van der Waals surface area contributed by atoms with Crippen molar-refractivity contribution in [2.75, 3.05) is 11.9 Å². The number of aromatic nitrogens is 2. The van der Waals surface area contributed by atoms with Gasteiger partial charge in [-0.3, -0.25) is 14.8 Å². The minimum atomic E-state index is -0.579. The van der Waals surface area contributed by atoms with Gasteiger partial charge in [0.05, 0.1) is 16.6 Å². The molecule has 26 heavy (non-hydrogen) atoms. The zero-order valence-electron chi connectivity index (χ0n) is 14.6. The van der Waals surface area contributed by atoms with Gasteiger partial charge in [0.25, 0.3) is 5.91 Å². The monoisotopic (exact) mass is 349 g/mol. The Morgan fingerprint density at radius 2 is 1.77 bits per heavy atom. The molecular weight excluding hydrogens is 330 g/mol. The van der Waals surface area contributed by atoms with Crippen molar-refractivity contribution in [3.8, 4) is 0 Å². The van der Waals surface area contributed by atoms with Crippen molar-refractivity contribution in [2.24, 2.45) is 0 Å². The van der Waals surface area contributed by atoms with Gasteiger partial charge in [0.15, 0.2) is 6.61 Å². The predicted octanol–water partition coefficient (Wildman–Crippen LogP) is 3.55. The van der Waals surface area contributed by atoms with Crippen LogP contribution in [0.1, 0.15) is 35.7 Å². The first-order valence-electron chi connectivity index (χ1n) is 8.31. The maximum Gasteiger partial charge on any atom is 0.338 e. The number of fused-ring (bicyclic) bond motifs is 1. The number of ether oxygens (including phenoxy) is 1. The van der Waals surface area contributed by atoms with Crippen LogP contribution in [0.4, 0.5) is 5.69 Å². The second kappa shape index (κ2) is 7.74. The summed E-state index contributed by atoms with van der Waals surface area (Å²) in [5.74, 6) is -0.690. The molecule has 1 amide bonds. The largest absolute Gasteiger partial charge is 0.452 e. The molecule has 0 saturated carbocycles. The molecule has 1 heterocycles. The van der Waals surface area contributed by atoms with Gasteiger partial charge >= 0.3 is 5.97 Å². The maximum atomic E-state index is 12.2. The summed E-state index contributed by atoms with van der Waals surface area (Å²) in [4.78, 5) is 32.6. The second-order valence-electron chi connectivity index (χ2n) is 6.13. The zero-order valence-corrected chi connectivity index (χ0v) is 14.6. The topological polar surface area (TPSA) is 81.2 Å². The van der Waals surface area contributed by atoms with Crippen molar-refractivity contribution < 1.29 is 14.3 Å². The number of rotatable bonds is 5. The Morgan fingerprint density at radius 1 is 1.04 bits per heavy atom. The lowest BCUT2D eigenvalue weighted by Crippen LogP contribution is -2.21. The van der Waals surface area contributed by atoms with Crippen LogP contribution in [0.5, 0.6) is 0 Å². The van der Waals surface area contributed by atoms with Crippen LogP contribution in [0.15, 0.2) is 54.9 Å². The first kappa shape index (κ1) is 17.5. The Hall–Kier alpha value is -3.28. The van der Waals surface area contributed by atoms with Gasteiger partial charge in [0.1, 0.15) is 0 Å². The van der Waals surface area contributed by atoms with Gasteiger partial charge in [0, 0.05) is 18.1 Å². The molecule has 2 aromatic carbocycles. The van der Waals surface area contributed by atoms with Gasteiger partial charge in [-0.1, -0.05) is 32.0 Å². The Labute approximate surface area is 151 Å². The van der Waals surface area contributed by atoms with E-state index in [1.807, 2.05) is 38.1 Å². The molecule has 6 heteroatoms. The van der Waals surface area contributed by atoms with E-state index in [1.165, 1.54) is 0 Å². The molecule has 0 fully saturated rings. The molecule has 0 aliphatic rings. The van der Waals surface area contributed by atoms with Crippen molar-refractivity contribution >= 4 is 28.6 Å². The lowest BCUT2D eigenvalue weighted by molar-refractivity contribution is -0.119. The third-order valence-corrected chi connectivity index (χ3v) is 3.90. The first-order valence-corrected chi connectivity index (χ1v) is 8.31. The van der Waals surface area contributed by atoms with Crippen LogP contribution < -0.4 is 5.32 Å². The number of hydrogen-bond donors (Lipinski definition) is 1. The van der Waals surface area contributed by atoms with E-state index in [2.05, 4.69) is 15.3 Å². The predicted molar refractivity (Wildman–Crippen MR) is 99.0 cm³/mol. The fourth-order valence-corrected chi connectivity index (χ4v) is 2.61. The summed E-state index contributed by atoms with van der Waals surface area (Å²) < 4.78 is 5.11. The fraction of sp³-hybridized carbons (Fsp3) is 0.200. The van der Waals surface area contributed by atoms with Crippen LogP contribution in [-0.2, 0) is 9.53 Å². The minimum absolute atomic E-state index is 0.271. The number of hydrogen-bond acceptors (Lipinski definition) is 5. The van der Waals surface area contributed by atoms with Crippen molar-refractivity contribution in [3.63, 3.8) is 0 Å². The summed E-state index contributed by atoms with van der Waals surface area (Å²) in [7, 11) is 0. The molecule has 1 N–H and O–H groups in total. The summed E-state index contributed by atoms with van der Waals surface area (Å²) in [5, 5.41) is 2.79. The summed E-state index contributed by atoms with van der Waals surface area (Å²) >= 11 is 0. The number of benzene rings is 2. The van der Waals surface area contributed by atoms with E-state index < -0.39 is 5.97 Å². The van der Waals surface area contributed by atoms with Crippen molar-refractivity contribution in [3.05, 3.63) is 66.0 Å². The van der Waals surface area contributed by atoms with Crippen LogP contribution in [0, 0.1) is 0 Å². The maximum absolute atomic E-state index is 12.2. The number of esters is 1. The van der Waals surface area contributed by atoms with E-state index in [0.29, 0.717) is 16.6 Å². The van der Waals surface area contributed by atoms with Crippen LogP contribution in [0.2, 0.25) is 0 Å². The molecule has 3 rings (SSSR count). The van der Waals surface area contributed by atoms with E-state index >= 15 is 0 Å². The second-order valence-corrected chi connectivity index (χ2v) is 6.13. The Morgan fingerprint density at radius 3 is 2.54 bits per heavy atom. The standard InChI is InChI=1S/C20H19N3O3/c1-13(2)15-5-3-4-6-16(15)23-19(24)12-26-20(25)14-7-8-17-18(11-14)22-10-9-21-17/h3-11,13H,12H2,1-2H3,(H,23,24). The number of para-hydroxylation sites is 1. The highest BCUT2D eigenvalue weighted by Gasteiger charge is 2.13. The van der Waals surface area contributed by atoms with Crippen LogP contribution in [-0.4, -0.2) is 28.5 Å². The Kier molecular flexibility index (Phi) is 5.22. The third-order valence-electron chi connectivity index (χ3n) is 3.90. The Bertz CT molecular complexity index is 954. The molecule has 132 valence electrons. The van der Waals surface area contributed by atoms with Gasteiger partial charge in [-0.2, -0.15) is 0 Å². The number of anilines is 1. The number of nitrogens with one attached hydrogen (secondary N) is 1. The molecule has 0 bridgehead atoms. The number of nitrogens with zero attached hydrogens (tertiary/aromatic N) is 2. The summed E-state index contributed by atoms with van der Waals surface area (Å²) in [6, 6.07) is 12.5. The molecule has 0 saturated heterocycles. The van der Waals surface area contributed by atoms with E-state index in [4.69, 9.17) is 4.74 Å². The van der Waals surface area contributed by atoms with Gasteiger partial charge < -0.3 is 10.1 Å². The summed E-state index contributed by atoms with van der Waals surface area (Å²) in [6.07, 6.45) is 3.14. The fourth-order valence-electron chi connectivity index (χ4n) is 2.61. The molecule has 0 aliphatic carbocycles. The third kappa shape index (κ3) is 4.03. The molecule has 0 spiro atoms. The van der Waals surface area contributed by atoms with Crippen LogP contribution in [0.3, 0.4) is 0 Å². The van der Waals surface area contributed by atoms with Crippen LogP contribution >= 0.6 is 0 Å². The van der Waals surface area contributed by atoms with Gasteiger partial charge in [-0.25, -0.2) is 4.79 Å². The molecule has 0 radical (unpaired) electrons. The highest BCUT2D eigenvalue weighted by atomic mass is 16.5. The molecular formula is C20H19N3O3. The Balaban J connectivity index is 1.63. The van der Waals surface area contributed by atoms with Gasteiger partial charge in [-0.15, -0.1) is 0 Å². The number of carbonyl (C=O) groups is 2. The highest BCUT2D eigenvalue weighted by Crippen LogP contribution is 2.23. The van der Waals surface area contributed by atoms with E-state index in [1.54, 1.807) is 30.6 Å². The van der Waals surface area contributed by atoms with Crippen molar-refractivity contribution in [1.82, 2.24) is 9.97 Å². The average Bonchev–Trinajstić information content (AvgIpc) is 2.66. The van der Waals surface area contributed by atoms with Gasteiger partial charge in [0.2, 0.25) is 0 Å². The van der Waals surface area contributed by atoms with Crippen molar-refractivity contribution in [1.29, 1.82) is 0 Å². The SMILES string of the molecule is CC(C)c1ccccc1NC(=O)COC(=O)c1ccc2nccnc2c1. The number of carbonyl (C=O) groups excluding carboxylic acids is 2. The summed E-state index contributed by atoms with van der Waals surface area (Å²) in [6.45, 7) is 3.74. The van der Waals surface area contributed by atoms with E-state index in [9.17, 15) is 9.59 Å². The molecule has 1 aromatic heterocycles. The summed E-state index contributed by atoms with van der Waals surface area (Å²) in [5.41, 5.74) is 3.36.